The fraction of sp³-hybridized carbons (Fsp3) is 0.394. The van der Waals surface area contributed by atoms with Gasteiger partial charge in [-0.15, -0.1) is 11.3 Å². The van der Waals surface area contributed by atoms with Crippen molar-refractivity contribution in [1.82, 2.24) is 19.4 Å². The van der Waals surface area contributed by atoms with Gasteiger partial charge in [-0.25, -0.2) is 4.98 Å². The van der Waals surface area contributed by atoms with Gasteiger partial charge in [0.2, 0.25) is 0 Å². The lowest BCUT2D eigenvalue weighted by Gasteiger charge is -2.35. The number of ether oxygens (including phenoxy) is 1. The number of amides is 1. The van der Waals surface area contributed by atoms with Crippen LogP contribution >= 0.6 is 11.3 Å². The first-order valence-corrected chi connectivity index (χ1v) is 15.4. The first-order valence-electron chi connectivity index (χ1n) is 14.5. The molecule has 2 aromatic carbocycles. The average Bonchev–Trinajstić information content (AvgIpc) is 3.63. The van der Waals surface area contributed by atoms with Gasteiger partial charge in [-0.3, -0.25) is 9.69 Å². The predicted molar refractivity (Wildman–Crippen MR) is 162 cm³/mol. The molecule has 6 nitrogen and oxygen atoms in total. The smallest absolute Gasteiger partial charge is 0.255 e. The summed E-state index contributed by atoms with van der Waals surface area (Å²) in [5, 5.41) is 3.12. The molecule has 1 saturated carbocycles. The van der Waals surface area contributed by atoms with Gasteiger partial charge >= 0.3 is 0 Å². The van der Waals surface area contributed by atoms with Crippen LogP contribution in [0.25, 0.3) is 22.0 Å². The third kappa shape index (κ3) is 5.58. The molecule has 0 spiro atoms. The zero-order valence-electron chi connectivity index (χ0n) is 23.5. The molecule has 208 valence electrons. The van der Waals surface area contributed by atoms with Crippen molar-refractivity contribution in [2.75, 3.05) is 33.3 Å². The first kappa shape index (κ1) is 26.8. The highest BCUT2D eigenvalue weighted by Gasteiger charge is 2.29. The summed E-state index contributed by atoms with van der Waals surface area (Å²) >= 11 is 1.65. The van der Waals surface area contributed by atoms with Crippen molar-refractivity contribution >= 4 is 17.2 Å². The average molecular weight is 555 g/mol. The van der Waals surface area contributed by atoms with Crippen LogP contribution in [-0.4, -0.2) is 58.5 Å². The second-order valence-electron chi connectivity index (χ2n) is 11.0. The van der Waals surface area contributed by atoms with Crippen LogP contribution in [0.4, 0.5) is 0 Å². The van der Waals surface area contributed by atoms with Crippen LogP contribution in [0.2, 0.25) is 0 Å². The molecule has 1 aliphatic heterocycles. The summed E-state index contributed by atoms with van der Waals surface area (Å²) in [6, 6.07) is 21.2. The van der Waals surface area contributed by atoms with E-state index in [1.54, 1.807) is 18.4 Å². The second kappa shape index (κ2) is 12.0. The van der Waals surface area contributed by atoms with Crippen molar-refractivity contribution in [3.8, 4) is 27.7 Å². The topological polar surface area (TPSA) is 50.6 Å². The lowest BCUT2D eigenvalue weighted by atomic mass is 9.95. The highest BCUT2D eigenvalue weighted by Crippen LogP contribution is 2.38. The third-order valence-corrected chi connectivity index (χ3v) is 9.37. The molecule has 1 saturated heterocycles. The molecule has 3 heterocycles. The number of thiazole rings is 1. The van der Waals surface area contributed by atoms with E-state index in [9.17, 15) is 4.79 Å². The van der Waals surface area contributed by atoms with Crippen LogP contribution in [0.15, 0.2) is 66.0 Å². The maximum absolute atomic E-state index is 13.9. The molecule has 2 aromatic heterocycles. The number of rotatable bonds is 7. The van der Waals surface area contributed by atoms with Gasteiger partial charge in [0, 0.05) is 55.4 Å². The zero-order valence-corrected chi connectivity index (χ0v) is 24.3. The minimum absolute atomic E-state index is 0.151. The molecule has 2 fully saturated rings. The van der Waals surface area contributed by atoms with Gasteiger partial charge in [-0.2, -0.15) is 0 Å². The fourth-order valence-electron chi connectivity index (χ4n) is 6.22. The van der Waals surface area contributed by atoms with Crippen LogP contribution < -0.4 is 4.74 Å². The summed E-state index contributed by atoms with van der Waals surface area (Å²) < 4.78 is 7.76. The van der Waals surface area contributed by atoms with Crippen LogP contribution in [0.3, 0.4) is 0 Å². The van der Waals surface area contributed by atoms with Gasteiger partial charge in [-0.05, 0) is 55.7 Å². The van der Waals surface area contributed by atoms with E-state index in [1.165, 1.54) is 24.8 Å². The van der Waals surface area contributed by atoms with Gasteiger partial charge in [0.05, 0.1) is 24.1 Å². The Labute approximate surface area is 241 Å². The standard InChI is InChI=1S/C33H38N4O2S/c1-24-29(33(38)36-19-17-35(18-20-36)22-25-9-5-3-6-10-25)21-31(37(24)27-11-7-4-8-12-27)30-23-40-32(34-30)26-13-15-28(39-2)16-14-26/h3,5-6,9-10,13-16,21,23,27H,4,7-8,11-12,17-20,22H2,1-2H3. The molecule has 6 rings (SSSR count). The molecular formula is C33H38N4O2S. The van der Waals surface area contributed by atoms with Gasteiger partial charge in [0.1, 0.15) is 10.8 Å². The maximum Gasteiger partial charge on any atom is 0.255 e. The van der Waals surface area contributed by atoms with Gasteiger partial charge in [0.25, 0.3) is 5.91 Å². The Morgan fingerprint density at radius 2 is 1.70 bits per heavy atom. The van der Waals surface area contributed by atoms with Gasteiger partial charge < -0.3 is 14.2 Å². The SMILES string of the molecule is COc1ccc(-c2nc(-c3cc(C(=O)N4CCN(Cc5ccccc5)CC4)c(C)n3C3CCCCC3)cs2)cc1. The van der Waals surface area contributed by atoms with Crippen molar-refractivity contribution < 1.29 is 9.53 Å². The van der Waals surface area contributed by atoms with E-state index in [4.69, 9.17) is 9.72 Å². The number of methoxy groups -OCH3 is 1. The van der Waals surface area contributed by atoms with Crippen molar-refractivity contribution in [3.05, 3.63) is 82.9 Å². The molecule has 0 unspecified atom stereocenters. The second-order valence-corrected chi connectivity index (χ2v) is 11.9. The number of nitrogens with zero attached hydrogens (tertiary/aromatic N) is 4. The number of hydrogen-bond donors (Lipinski definition) is 0. The molecule has 4 aromatic rings. The summed E-state index contributed by atoms with van der Waals surface area (Å²) in [5.41, 5.74) is 6.34. The Hall–Kier alpha value is -3.42. The van der Waals surface area contributed by atoms with E-state index in [0.717, 1.165) is 84.5 Å². The van der Waals surface area contributed by atoms with E-state index < -0.39 is 0 Å². The maximum atomic E-state index is 13.9. The summed E-state index contributed by atoms with van der Waals surface area (Å²) in [6.07, 6.45) is 6.09. The highest BCUT2D eigenvalue weighted by molar-refractivity contribution is 7.13. The lowest BCUT2D eigenvalue weighted by molar-refractivity contribution is 0.0627. The Bertz CT molecular complexity index is 1430. The lowest BCUT2D eigenvalue weighted by Crippen LogP contribution is -2.48. The van der Waals surface area contributed by atoms with Crippen molar-refractivity contribution in [2.24, 2.45) is 0 Å². The largest absolute Gasteiger partial charge is 0.497 e. The van der Waals surface area contributed by atoms with E-state index in [0.29, 0.717) is 6.04 Å². The summed E-state index contributed by atoms with van der Waals surface area (Å²) in [5.74, 6) is 0.990. The Morgan fingerprint density at radius 3 is 2.40 bits per heavy atom. The number of hydrogen-bond acceptors (Lipinski definition) is 5. The molecule has 2 aliphatic rings. The molecule has 1 amide bonds. The van der Waals surface area contributed by atoms with Gasteiger partial charge in [0.15, 0.2) is 0 Å². The number of piperazine rings is 1. The molecular weight excluding hydrogens is 516 g/mol. The van der Waals surface area contributed by atoms with Crippen molar-refractivity contribution in [2.45, 2.75) is 51.6 Å². The number of aromatic nitrogens is 2. The Balaban J connectivity index is 1.25. The molecule has 0 N–H and O–H groups in total. The summed E-state index contributed by atoms with van der Waals surface area (Å²) in [7, 11) is 1.68. The Morgan fingerprint density at radius 1 is 0.975 bits per heavy atom. The van der Waals surface area contributed by atoms with Crippen molar-refractivity contribution in [1.29, 1.82) is 0 Å². The van der Waals surface area contributed by atoms with Crippen LogP contribution in [0, 0.1) is 6.92 Å². The first-order chi connectivity index (χ1) is 19.6. The van der Waals surface area contributed by atoms with Crippen LogP contribution in [-0.2, 0) is 6.54 Å². The molecule has 0 atom stereocenters. The molecule has 40 heavy (non-hydrogen) atoms. The monoisotopic (exact) mass is 554 g/mol. The van der Waals surface area contributed by atoms with Gasteiger partial charge in [-0.1, -0.05) is 49.6 Å². The van der Waals surface area contributed by atoms with E-state index in [-0.39, 0.29) is 5.91 Å². The summed E-state index contributed by atoms with van der Waals surface area (Å²) in [6.45, 7) is 6.37. The van der Waals surface area contributed by atoms with E-state index in [2.05, 4.69) is 70.3 Å². The minimum atomic E-state index is 0.151. The van der Waals surface area contributed by atoms with Crippen molar-refractivity contribution in [3.63, 3.8) is 0 Å². The number of benzene rings is 2. The number of carbonyl (C=O) groups is 1. The van der Waals surface area contributed by atoms with Crippen LogP contribution in [0.1, 0.15) is 59.8 Å². The molecule has 1 aliphatic carbocycles. The number of carbonyl (C=O) groups excluding carboxylic acids is 1. The molecule has 0 radical (unpaired) electrons. The molecule has 0 bridgehead atoms. The minimum Gasteiger partial charge on any atom is -0.497 e. The normalized spacial score (nSPS) is 16.8. The predicted octanol–water partition coefficient (Wildman–Crippen LogP) is 7.06. The summed E-state index contributed by atoms with van der Waals surface area (Å²) in [4.78, 5) is 23.5. The molecule has 7 heteroatoms. The van der Waals surface area contributed by atoms with E-state index in [1.807, 2.05) is 17.0 Å². The highest BCUT2D eigenvalue weighted by atomic mass is 32.1. The fourth-order valence-corrected chi connectivity index (χ4v) is 7.04. The zero-order chi connectivity index (χ0) is 27.5. The third-order valence-electron chi connectivity index (χ3n) is 8.47. The van der Waals surface area contributed by atoms with E-state index >= 15 is 0 Å². The van der Waals surface area contributed by atoms with Crippen LogP contribution in [0.5, 0.6) is 5.75 Å². The Kier molecular flexibility index (Phi) is 8.03. The quantitative estimate of drug-likeness (QED) is 0.245.